The summed E-state index contributed by atoms with van der Waals surface area (Å²) in [6.45, 7) is 4.25. The molecular weight excluding hydrogens is 322 g/mol. The number of carbonyl (C=O) groups is 1. The number of amides is 1. The van der Waals surface area contributed by atoms with E-state index in [-0.39, 0.29) is 12.6 Å². The Bertz CT molecular complexity index is 581. The van der Waals surface area contributed by atoms with Crippen LogP contribution in [0.5, 0.6) is 0 Å². The summed E-state index contributed by atoms with van der Waals surface area (Å²) in [5, 5.41) is 6.88. The molecule has 0 fully saturated rings. The van der Waals surface area contributed by atoms with Crippen LogP contribution in [0.3, 0.4) is 0 Å². The second kappa shape index (κ2) is 6.56. The third-order valence-electron chi connectivity index (χ3n) is 2.65. The number of aromatic nitrogens is 2. The molecule has 0 aliphatic heterocycles. The van der Waals surface area contributed by atoms with E-state index in [9.17, 15) is 4.79 Å². The van der Waals surface area contributed by atoms with E-state index in [4.69, 9.17) is 4.74 Å². The molecule has 1 aromatic heterocycles. The molecule has 0 saturated carbocycles. The molecule has 5 nitrogen and oxygen atoms in total. The van der Waals surface area contributed by atoms with Gasteiger partial charge < -0.3 is 4.74 Å². The lowest BCUT2D eigenvalue weighted by Crippen LogP contribution is -2.14. The molecule has 0 aliphatic rings. The van der Waals surface area contributed by atoms with Gasteiger partial charge in [0.15, 0.2) is 5.82 Å². The van der Waals surface area contributed by atoms with Gasteiger partial charge in [0.05, 0.1) is 4.47 Å². The lowest BCUT2D eigenvalue weighted by Gasteiger charge is -2.06. The van der Waals surface area contributed by atoms with Crippen LogP contribution in [-0.2, 0) is 11.3 Å². The molecule has 106 valence electrons. The first-order valence-electron chi connectivity index (χ1n) is 6.28. The zero-order valence-corrected chi connectivity index (χ0v) is 12.9. The summed E-state index contributed by atoms with van der Waals surface area (Å²) >= 11 is 3.36. The van der Waals surface area contributed by atoms with Crippen LogP contribution in [0.1, 0.15) is 25.5 Å². The molecule has 0 radical (unpaired) electrons. The molecule has 0 spiro atoms. The van der Waals surface area contributed by atoms with Crippen LogP contribution in [0.4, 0.5) is 10.6 Å². The van der Waals surface area contributed by atoms with E-state index in [1.54, 1.807) is 4.68 Å². The Balaban J connectivity index is 1.91. The summed E-state index contributed by atoms with van der Waals surface area (Å²) in [6.07, 6.45) is 1.29. The highest BCUT2D eigenvalue weighted by molar-refractivity contribution is 9.10. The molecule has 0 unspecified atom stereocenters. The summed E-state index contributed by atoms with van der Waals surface area (Å²) in [6, 6.07) is 9.74. The first kappa shape index (κ1) is 14.6. The fourth-order valence-electron chi connectivity index (χ4n) is 1.57. The minimum absolute atomic E-state index is 0.224. The molecule has 1 heterocycles. The van der Waals surface area contributed by atoms with Gasteiger partial charge in [-0.05, 0) is 35.3 Å². The molecule has 0 saturated heterocycles. The molecule has 20 heavy (non-hydrogen) atoms. The van der Waals surface area contributed by atoms with E-state index < -0.39 is 6.09 Å². The van der Waals surface area contributed by atoms with Crippen molar-refractivity contribution in [3.8, 4) is 0 Å². The van der Waals surface area contributed by atoms with Gasteiger partial charge in [-0.1, -0.05) is 30.3 Å². The fourth-order valence-corrected chi connectivity index (χ4v) is 1.96. The maximum atomic E-state index is 11.7. The van der Waals surface area contributed by atoms with Crippen LogP contribution >= 0.6 is 15.9 Å². The minimum Gasteiger partial charge on any atom is -0.444 e. The van der Waals surface area contributed by atoms with Crippen LogP contribution < -0.4 is 5.32 Å². The predicted molar refractivity (Wildman–Crippen MR) is 80.6 cm³/mol. The Labute approximate surface area is 126 Å². The number of rotatable bonds is 4. The highest BCUT2D eigenvalue weighted by Crippen LogP contribution is 2.22. The summed E-state index contributed by atoms with van der Waals surface area (Å²) in [4.78, 5) is 11.7. The Morgan fingerprint density at radius 2 is 2.10 bits per heavy atom. The normalized spacial score (nSPS) is 10.6. The van der Waals surface area contributed by atoms with Crippen molar-refractivity contribution >= 4 is 27.8 Å². The molecule has 1 aromatic carbocycles. The highest BCUT2D eigenvalue weighted by atomic mass is 79.9. The number of hydrogen-bond donors (Lipinski definition) is 1. The smallest absolute Gasteiger partial charge is 0.413 e. The van der Waals surface area contributed by atoms with Crippen molar-refractivity contribution in [3.05, 3.63) is 46.6 Å². The third kappa shape index (κ3) is 3.84. The Morgan fingerprint density at radius 3 is 2.70 bits per heavy atom. The topological polar surface area (TPSA) is 56.2 Å². The van der Waals surface area contributed by atoms with Gasteiger partial charge in [-0.2, -0.15) is 5.10 Å². The maximum Gasteiger partial charge on any atom is 0.413 e. The number of nitrogens with zero attached hydrogens (tertiary/aromatic N) is 2. The number of nitrogens with one attached hydrogen (secondary N) is 1. The zero-order valence-electron chi connectivity index (χ0n) is 11.3. The van der Waals surface area contributed by atoms with Crippen molar-refractivity contribution in [2.45, 2.75) is 26.5 Å². The van der Waals surface area contributed by atoms with Gasteiger partial charge in [-0.3, -0.25) is 10.00 Å². The largest absolute Gasteiger partial charge is 0.444 e. The Kier molecular flexibility index (Phi) is 4.79. The summed E-state index contributed by atoms with van der Waals surface area (Å²) < 4.78 is 7.62. The lowest BCUT2D eigenvalue weighted by atomic mass is 10.2. The van der Waals surface area contributed by atoms with E-state index >= 15 is 0 Å². The molecule has 1 N–H and O–H groups in total. The van der Waals surface area contributed by atoms with Crippen molar-refractivity contribution < 1.29 is 9.53 Å². The predicted octanol–water partition coefficient (Wildman–Crippen LogP) is 3.98. The van der Waals surface area contributed by atoms with Crippen LogP contribution in [0.2, 0.25) is 0 Å². The van der Waals surface area contributed by atoms with Crippen molar-refractivity contribution in [2.24, 2.45) is 0 Å². The van der Waals surface area contributed by atoms with Gasteiger partial charge in [0, 0.05) is 12.2 Å². The summed E-state index contributed by atoms with van der Waals surface area (Å²) in [5.41, 5.74) is 0.939. The van der Waals surface area contributed by atoms with Crippen LogP contribution in [0, 0.1) is 0 Å². The van der Waals surface area contributed by atoms with E-state index in [1.807, 2.05) is 50.4 Å². The average Bonchev–Trinajstić information content (AvgIpc) is 2.79. The SMILES string of the molecule is CC(C)n1cc(Br)c(NC(=O)OCc2ccccc2)n1. The number of halogens is 1. The quantitative estimate of drug-likeness (QED) is 0.918. The monoisotopic (exact) mass is 337 g/mol. The Morgan fingerprint density at radius 1 is 1.40 bits per heavy atom. The number of benzene rings is 1. The summed E-state index contributed by atoms with van der Waals surface area (Å²) in [5.74, 6) is 0.455. The molecule has 0 bridgehead atoms. The van der Waals surface area contributed by atoms with E-state index in [0.29, 0.717) is 5.82 Å². The molecular formula is C14H16BrN3O2. The number of ether oxygens (including phenoxy) is 1. The molecule has 2 rings (SSSR count). The molecule has 6 heteroatoms. The van der Waals surface area contributed by atoms with Gasteiger partial charge in [-0.15, -0.1) is 0 Å². The standard InChI is InChI=1S/C14H16BrN3O2/c1-10(2)18-8-12(15)13(17-18)16-14(19)20-9-11-6-4-3-5-7-11/h3-8,10H,9H2,1-2H3,(H,16,17,19). The van der Waals surface area contributed by atoms with Gasteiger partial charge >= 0.3 is 6.09 Å². The second-order valence-corrected chi connectivity index (χ2v) is 5.44. The van der Waals surface area contributed by atoms with Crippen molar-refractivity contribution in [1.29, 1.82) is 0 Å². The second-order valence-electron chi connectivity index (χ2n) is 4.59. The lowest BCUT2D eigenvalue weighted by molar-refractivity contribution is 0.155. The average molecular weight is 338 g/mol. The van der Waals surface area contributed by atoms with Crippen molar-refractivity contribution in [3.63, 3.8) is 0 Å². The number of carbonyl (C=O) groups excluding carboxylic acids is 1. The van der Waals surface area contributed by atoms with Gasteiger partial charge in [-0.25, -0.2) is 4.79 Å². The van der Waals surface area contributed by atoms with E-state index in [2.05, 4.69) is 26.3 Å². The number of hydrogen-bond acceptors (Lipinski definition) is 3. The van der Waals surface area contributed by atoms with Crippen molar-refractivity contribution in [2.75, 3.05) is 5.32 Å². The van der Waals surface area contributed by atoms with E-state index in [1.165, 1.54) is 0 Å². The third-order valence-corrected chi connectivity index (χ3v) is 3.23. The first-order chi connectivity index (χ1) is 9.56. The summed E-state index contributed by atoms with van der Waals surface area (Å²) in [7, 11) is 0. The molecule has 2 aromatic rings. The molecule has 0 aliphatic carbocycles. The number of anilines is 1. The molecule has 0 atom stereocenters. The Hall–Kier alpha value is -1.82. The van der Waals surface area contributed by atoms with Gasteiger partial charge in [0.1, 0.15) is 6.61 Å². The van der Waals surface area contributed by atoms with Crippen LogP contribution in [-0.4, -0.2) is 15.9 Å². The van der Waals surface area contributed by atoms with Crippen LogP contribution in [0.25, 0.3) is 0 Å². The van der Waals surface area contributed by atoms with E-state index in [0.717, 1.165) is 10.0 Å². The first-order valence-corrected chi connectivity index (χ1v) is 7.08. The highest BCUT2D eigenvalue weighted by Gasteiger charge is 2.12. The fraction of sp³-hybridized carbons (Fsp3) is 0.286. The van der Waals surface area contributed by atoms with Gasteiger partial charge in [0.2, 0.25) is 0 Å². The van der Waals surface area contributed by atoms with Crippen LogP contribution in [0.15, 0.2) is 41.0 Å². The van der Waals surface area contributed by atoms with Crippen molar-refractivity contribution in [1.82, 2.24) is 9.78 Å². The maximum absolute atomic E-state index is 11.7. The van der Waals surface area contributed by atoms with Gasteiger partial charge in [0.25, 0.3) is 0 Å². The minimum atomic E-state index is -0.524. The molecule has 1 amide bonds. The zero-order chi connectivity index (χ0) is 14.5.